The van der Waals surface area contributed by atoms with Gasteiger partial charge in [-0.15, -0.1) is 0 Å². The van der Waals surface area contributed by atoms with E-state index in [4.69, 9.17) is 16.7 Å². The first-order chi connectivity index (χ1) is 10.3. The molecule has 0 aliphatic rings. The molecule has 0 atom stereocenters. The van der Waals surface area contributed by atoms with Crippen LogP contribution in [-0.2, 0) is 23.5 Å². The number of hydrogen-bond donors (Lipinski definition) is 2. The third-order valence-corrected chi connectivity index (χ3v) is 4.55. The van der Waals surface area contributed by atoms with Crippen LogP contribution in [0, 0.1) is 0 Å². The highest BCUT2D eigenvalue weighted by Crippen LogP contribution is 2.19. The minimum Gasteiger partial charge on any atom is -0.478 e. The standard InChI is InChI=1S/C13H14ClN3O4S/c1-17-8-9(7-15-17)2-3-16-22(20,21)12-5-10(13(18)19)4-11(14)6-12/h4-8,16H,2-3H2,1H3,(H,18,19). The average Bonchev–Trinajstić information content (AvgIpc) is 2.83. The number of hydrogen-bond acceptors (Lipinski definition) is 4. The maximum absolute atomic E-state index is 12.2. The number of aromatic nitrogens is 2. The first-order valence-corrected chi connectivity index (χ1v) is 8.15. The number of nitrogens with one attached hydrogen (secondary N) is 1. The molecule has 0 amide bonds. The fourth-order valence-corrected chi connectivity index (χ4v) is 3.26. The van der Waals surface area contributed by atoms with Gasteiger partial charge in [0.2, 0.25) is 10.0 Å². The molecule has 1 aromatic carbocycles. The molecule has 0 bridgehead atoms. The Bertz CT molecular complexity index is 801. The number of aromatic carboxylic acids is 1. The van der Waals surface area contributed by atoms with Crippen molar-refractivity contribution in [3.05, 3.63) is 46.7 Å². The van der Waals surface area contributed by atoms with Crippen molar-refractivity contribution in [1.82, 2.24) is 14.5 Å². The molecule has 0 fully saturated rings. The van der Waals surface area contributed by atoms with Crippen molar-refractivity contribution in [2.75, 3.05) is 6.54 Å². The highest BCUT2D eigenvalue weighted by molar-refractivity contribution is 7.89. The third-order valence-electron chi connectivity index (χ3n) is 2.89. The Labute approximate surface area is 132 Å². The summed E-state index contributed by atoms with van der Waals surface area (Å²) in [6, 6.07) is 3.47. The normalized spacial score (nSPS) is 11.5. The monoisotopic (exact) mass is 343 g/mol. The van der Waals surface area contributed by atoms with Crippen molar-refractivity contribution in [1.29, 1.82) is 0 Å². The van der Waals surface area contributed by atoms with E-state index >= 15 is 0 Å². The summed E-state index contributed by atoms with van der Waals surface area (Å²) in [7, 11) is -2.06. The summed E-state index contributed by atoms with van der Waals surface area (Å²) in [6.07, 6.45) is 3.91. The van der Waals surface area contributed by atoms with Gasteiger partial charge in [-0.2, -0.15) is 5.10 Å². The van der Waals surface area contributed by atoms with Crippen LogP contribution in [0.3, 0.4) is 0 Å². The number of aryl methyl sites for hydroxylation is 1. The van der Waals surface area contributed by atoms with Crippen LogP contribution in [0.2, 0.25) is 5.02 Å². The van der Waals surface area contributed by atoms with Crippen LogP contribution in [0.5, 0.6) is 0 Å². The number of halogens is 1. The lowest BCUT2D eigenvalue weighted by Gasteiger charge is -2.07. The van der Waals surface area contributed by atoms with Crippen LogP contribution in [0.15, 0.2) is 35.5 Å². The molecule has 118 valence electrons. The molecule has 22 heavy (non-hydrogen) atoms. The molecule has 0 saturated heterocycles. The summed E-state index contributed by atoms with van der Waals surface area (Å²) in [4.78, 5) is 10.8. The van der Waals surface area contributed by atoms with Gasteiger partial charge in [-0.1, -0.05) is 11.6 Å². The molecular formula is C13H14ClN3O4S. The molecule has 0 saturated carbocycles. The average molecular weight is 344 g/mol. The van der Waals surface area contributed by atoms with E-state index in [9.17, 15) is 13.2 Å². The fraction of sp³-hybridized carbons (Fsp3) is 0.231. The van der Waals surface area contributed by atoms with Gasteiger partial charge in [0, 0.05) is 24.8 Å². The first-order valence-electron chi connectivity index (χ1n) is 6.29. The van der Waals surface area contributed by atoms with Crippen molar-refractivity contribution < 1.29 is 18.3 Å². The van der Waals surface area contributed by atoms with Gasteiger partial charge in [-0.05, 0) is 30.2 Å². The molecule has 0 unspecified atom stereocenters. The van der Waals surface area contributed by atoms with Crippen LogP contribution < -0.4 is 4.72 Å². The maximum Gasteiger partial charge on any atom is 0.335 e. The van der Waals surface area contributed by atoms with E-state index in [1.54, 1.807) is 24.1 Å². The van der Waals surface area contributed by atoms with Crippen molar-refractivity contribution >= 4 is 27.6 Å². The minimum atomic E-state index is -3.83. The highest BCUT2D eigenvalue weighted by atomic mass is 35.5. The molecular weight excluding hydrogens is 330 g/mol. The number of rotatable bonds is 6. The van der Waals surface area contributed by atoms with Crippen molar-refractivity contribution in [2.24, 2.45) is 7.05 Å². The molecule has 2 aromatic rings. The smallest absolute Gasteiger partial charge is 0.335 e. The van der Waals surface area contributed by atoms with Gasteiger partial charge in [-0.3, -0.25) is 4.68 Å². The molecule has 9 heteroatoms. The van der Waals surface area contributed by atoms with Gasteiger partial charge in [0.05, 0.1) is 16.7 Å². The van der Waals surface area contributed by atoms with E-state index in [0.29, 0.717) is 6.42 Å². The second kappa shape index (κ2) is 6.47. The predicted octanol–water partition coefficient (Wildman–Crippen LogP) is 1.29. The molecule has 1 aromatic heterocycles. The fourth-order valence-electron chi connectivity index (χ4n) is 1.86. The summed E-state index contributed by atoms with van der Waals surface area (Å²) in [5, 5.41) is 13.0. The van der Waals surface area contributed by atoms with Crippen LogP contribution in [-0.4, -0.2) is 35.8 Å². The van der Waals surface area contributed by atoms with Crippen molar-refractivity contribution in [3.63, 3.8) is 0 Å². The summed E-state index contributed by atoms with van der Waals surface area (Å²) in [6.45, 7) is 0.170. The summed E-state index contributed by atoms with van der Waals surface area (Å²) < 4.78 is 28.4. The van der Waals surface area contributed by atoms with E-state index < -0.39 is 16.0 Å². The Morgan fingerprint density at radius 1 is 1.41 bits per heavy atom. The third kappa shape index (κ3) is 4.06. The maximum atomic E-state index is 12.2. The van der Waals surface area contributed by atoms with Crippen LogP contribution >= 0.6 is 11.6 Å². The number of nitrogens with zero attached hydrogens (tertiary/aromatic N) is 2. The van der Waals surface area contributed by atoms with Gasteiger partial charge < -0.3 is 5.11 Å². The lowest BCUT2D eigenvalue weighted by atomic mass is 10.2. The zero-order chi connectivity index (χ0) is 16.3. The van der Waals surface area contributed by atoms with E-state index in [-0.39, 0.29) is 22.0 Å². The molecule has 7 nitrogen and oxygen atoms in total. The number of carboxylic acids is 1. The second-order valence-electron chi connectivity index (χ2n) is 4.65. The molecule has 0 aliphatic carbocycles. The van der Waals surface area contributed by atoms with Gasteiger partial charge in [0.1, 0.15) is 0 Å². The summed E-state index contributed by atoms with van der Waals surface area (Å²) in [5.74, 6) is -1.24. The number of sulfonamides is 1. The second-order valence-corrected chi connectivity index (χ2v) is 6.85. The zero-order valence-electron chi connectivity index (χ0n) is 11.7. The Kier molecular flexibility index (Phi) is 4.84. The quantitative estimate of drug-likeness (QED) is 0.823. The molecule has 0 aliphatic heterocycles. The highest BCUT2D eigenvalue weighted by Gasteiger charge is 2.17. The lowest BCUT2D eigenvalue weighted by molar-refractivity contribution is 0.0696. The van der Waals surface area contributed by atoms with Crippen LogP contribution in [0.1, 0.15) is 15.9 Å². The number of benzene rings is 1. The van der Waals surface area contributed by atoms with Crippen LogP contribution in [0.25, 0.3) is 0 Å². The topological polar surface area (TPSA) is 101 Å². The minimum absolute atomic E-state index is 0.0486. The van der Waals surface area contributed by atoms with E-state index in [1.165, 1.54) is 12.1 Å². The molecule has 1 heterocycles. The predicted molar refractivity (Wildman–Crippen MR) is 80.5 cm³/mol. The Balaban J connectivity index is 2.11. The Morgan fingerprint density at radius 2 is 2.14 bits per heavy atom. The summed E-state index contributed by atoms with van der Waals surface area (Å²) >= 11 is 5.77. The van der Waals surface area contributed by atoms with Gasteiger partial charge in [0.25, 0.3) is 0 Å². The van der Waals surface area contributed by atoms with Crippen molar-refractivity contribution in [2.45, 2.75) is 11.3 Å². The van der Waals surface area contributed by atoms with E-state index in [1.807, 2.05) is 0 Å². The van der Waals surface area contributed by atoms with Crippen LogP contribution in [0.4, 0.5) is 0 Å². The Hall–Kier alpha value is -1.90. The molecule has 0 radical (unpaired) electrons. The van der Waals surface area contributed by atoms with E-state index in [0.717, 1.165) is 11.6 Å². The molecule has 2 N–H and O–H groups in total. The lowest BCUT2D eigenvalue weighted by Crippen LogP contribution is -2.26. The molecule has 0 spiro atoms. The first kappa shape index (κ1) is 16.5. The van der Waals surface area contributed by atoms with Gasteiger partial charge in [0.15, 0.2) is 0 Å². The largest absolute Gasteiger partial charge is 0.478 e. The van der Waals surface area contributed by atoms with Gasteiger partial charge in [-0.25, -0.2) is 17.9 Å². The summed E-state index contributed by atoms with van der Waals surface area (Å²) in [5.41, 5.74) is 0.711. The zero-order valence-corrected chi connectivity index (χ0v) is 13.2. The van der Waals surface area contributed by atoms with Crippen molar-refractivity contribution in [3.8, 4) is 0 Å². The number of carboxylic acid groups (broad SMARTS) is 1. The Morgan fingerprint density at radius 3 is 2.73 bits per heavy atom. The van der Waals surface area contributed by atoms with Gasteiger partial charge >= 0.3 is 5.97 Å². The van der Waals surface area contributed by atoms with E-state index in [2.05, 4.69) is 9.82 Å². The number of carbonyl (C=O) groups is 1. The molecule has 2 rings (SSSR count). The SMILES string of the molecule is Cn1cc(CCNS(=O)(=O)c2cc(Cl)cc(C(=O)O)c2)cn1.